The number of carbonyl (C=O) groups excluding carboxylic acids is 2. The molecule has 156 valence electrons. The normalized spacial score (nSPS) is 16.6. The number of aromatic nitrogens is 2. The fourth-order valence-corrected chi connectivity index (χ4v) is 4.61. The van der Waals surface area contributed by atoms with Gasteiger partial charge >= 0.3 is 0 Å². The Bertz CT molecular complexity index is 1150. The van der Waals surface area contributed by atoms with Crippen LogP contribution in [0.4, 0.5) is 5.95 Å². The minimum Gasteiger partial charge on any atom is -0.368 e. The summed E-state index contributed by atoms with van der Waals surface area (Å²) >= 11 is 1.38. The molecule has 1 fully saturated rings. The molecule has 1 aliphatic rings. The second-order valence-corrected chi connectivity index (χ2v) is 8.43. The summed E-state index contributed by atoms with van der Waals surface area (Å²) in [5, 5.41) is 4.52. The standard InChI is InChI=1S/C21H23N5O3S/c1-12-4-6-13(7-5-12)15-11-30-18-17(15)24-21(25-20(18)29)26-8-2-3-14(10-26)19(28)23-9-16(22)27/h4-7,11,14H,2-3,8-10H2,1H3,(H2,22,27)(H,23,28)(H,24,25,29)/t14-/m1/s1. The van der Waals surface area contributed by atoms with Crippen molar-refractivity contribution in [2.24, 2.45) is 11.7 Å². The highest BCUT2D eigenvalue weighted by Crippen LogP contribution is 2.32. The molecule has 9 heteroatoms. The Morgan fingerprint density at radius 2 is 2.10 bits per heavy atom. The quantitative estimate of drug-likeness (QED) is 0.575. The maximum absolute atomic E-state index is 12.7. The van der Waals surface area contributed by atoms with Crippen LogP contribution < -0.4 is 21.5 Å². The fourth-order valence-electron chi connectivity index (χ4n) is 3.71. The number of fused-ring (bicyclic) bond motifs is 1. The predicted octanol–water partition coefficient (Wildman–Crippen LogP) is 1.78. The third-order valence-electron chi connectivity index (χ3n) is 5.31. The van der Waals surface area contributed by atoms with E-state index >= 15 is 0 Å². The van der Waals surface area contributed by atoms with E-state index in [0.717, 1.165) is 17.5 Å². The maximum atomic E-state index is 12.7. The van der Waals surface area contributed by atoms with Gasteiger partial charge < -0.3 is 16.0 Å². The highest BCUT2D eigenvalue weighted by Gasteiger charge is 2.27. The Labute approximate surface area is 177 Å². The number of rotatable bonds is 5. The van der Waals surface area contributed by atoms with Gasteiger partial charge in [0.1, 0.15) is 4.70 Å². The Morgan fingerprint density at radius 3 is 2.83 bits per heavy atom. The van der Waals surface area contributed by atoms with Crippen LogP contribution in [-0.2, 0) is 9.59 Å². The van der Waals surface area contributed by atoms with E-state index in [2.05, 4.69) is 10.3 Å². The third-order valence-corrected chi connectivity index (χ3v) is 6.27. The molecular weight excluding hydrogens is 402 g/mol. The smallest absolute Gasteiger partial charge is 0.270 e. The average molecular weight is 426 g/mol. The Balaban J connectivity index is 1.63. The van der Waals surface area contributed by atoms with E-state index < -0.39 is 5.91 Å². The van der Waals surface area contributed by atoms with Crippen molar-refractivity contribution in [3.8, 4) is 11.1 Å². The van der Waals surface area contributed by atoms with Crippen LogP contribution in [0.2, 0.25) is 0 Å². The van der Waals surface area contributed by atoms with Gasteiger partial charge in [0.15, 0.2) is 0 Å². The second kappa shape index (κ2) is 8.27. The average Bonchev–Trinajstić information content (AvgIpc) is 3.17. The Hall–Kier alpha value is -3.20. The topological polar surface area (TPSA) is 121 Å². The maximum Gasteiger partial charge on any atom is 0.270 e. The van der Waals surface area contributed by atoms with Gasteiger partial charge in [0.25, 0.3) is 5.56 Å². The van der Waals surface area contributed by atoms with Crippen LogP contribution in [0.1, 0.15) is 18.4 Å². The fraction of sp³-hybridized carbons (Fsp3) is 0.333. The lowest BCUT2D eigenvalue weighted by atomic mass is 9.97. The second-order valence-electron chi connectivity index (χ2n) is 7.55. The van der Waals surface area contributed by atoms with Crippen molar-refractivity contribution in [2.45, 2.75) is 19.8 Å². The van der Waals surface area contributed by atoms with Gasteiger partial charge in [-0.15, -0.1) is 11.3 Å². The van der Waals surface area contributed by atoms with Crippen LogP contribution in [-0.4, -0.2) is 41.4 Å². The first-order valence-corrected chi connectivity index (χ1v) is 10.7. The monoisotopic (exact) mass is 425 g/mol. The molecule has 0 radical (unpaired) electrons. The van der Waals surface area contributed by atoms with Gasteiger partial charge in [-0.1, -0.05) is 29.8 Å². The predicted molar refractivity (Wildman–Crippen MR) is 118 cm³/mol. The van der Waals surface area contributed by atoms with Gasteiger partial charge in [0.05, 0.1) is 18.0 Å². The number of hydrogen-bond donors (Lipinski definition) is 3. The van der Waals surface area contributed by atoms with E-state index in [9.17, 15) is 14.4 Å². The molecule has 1 saturated heterocycles. The molecule has 0 aliphatic carbocycles. The van der Waals surface area contributed by atoms with Gasteiger partial charge in [-0.25, -0.2) is 4.98 Å². The Morgan fingerprint density at radius 1 is 1.33 bits per heavy atom. The van der Waals surface area contributed by atoms with Crippen molar-refractivity contribution in [1.82, 2.24) is 15.3 Å². The zero-order valence-corrected chi connectivity index (χ0v) is 17.4. The molecule has 1 aliphatic heterocycles. The minimum atomic E-state index is -0.575. The van der Waals surface area contributed by atoms with Crippen LogP contribution in [0.5, 0.6) is 0 Å². The molecule has 4 N–H and O–H groups in total. The largest absolute Gasteiger partial charge is 0.368 e. The molecule has 2 amide bonds. The molecular formula is C21H23N5O3S. The summed E-state index contributed by atoms with van der Waals surface area (Å²) in [5.41, 5.74) is 8.70. The van der Waals surface area contributed by atoms with Crippen molar-refractivity contribution < 1.29 is 9.59 Å². The lowest BCUT2D eigenvalue weighted by Crippen LogP contribution is -2.45. The first-order chi connectivity index (χ1) is 14.4. The van der Waals surface area contributed by atoms with Crippen LogP contribution >= 0.6 is 11.3 Å². The SMILES string of the molecule is Cc1ccc(-c2csc3c(=O)[nH]c(N4CCC[C@@H](C(=O)NCC(N)=O)C4)nc23)cc1. The van der Waals surface area contributed by atoms with Crippen LogP contribution in [0.3, 0.4) is 0 Å². The molecule has 0 unspecified atom stereocenters. The zero-order valence-electron chi connectivity index (χ0n) is 16.6. The number of anilines is 1. The highest BCUT2D eigenvalue weighted by atomic mass is 32.1. The van der Waals surface area contributed by atoms with Crippen molar-refractivity contribution >= 4 is 39.3 Å². The van der Waals surface area contributed by atoms with Crippen molar-refractivity contribution in [3.05, 3.63) is 45.6 Å². The number of nitrogens with one attached hydrogen (secondary N) is 2. The molecule has 30 heavy (non-hydrogen) atoms. The number of primary amides is 1. The zero-order chi connectivity index (χ0) is 21.3. The number of piperidine rings is 1. The molecule has 4 rings (SSSR count). The van der Waals surface area contributed by atoms with E-state index in [4.69, 9.17) is 10.7 Å². The van der Waals surface area contributed by atoms with Crippen LogP contribution in [0.25, 0.3) is 21.3 Å². The van der Waals surface area contributed by atoms with Gasteiger partial charge in [-0.2, -0.15) is 0 Å². The molecule has 8 nitrogen and oxygen atoms in total. The molecule has 3 heterocycles. The van der Waals surface area contributed by atoms with Gasteiger partial charge in [-0.3, -0.25) is 19.4 Å². The summed E-state index contributed by atoms with van der Waals surface area (Å²) < 4.78 is 0.585. The number of hydrogen-bond acceptors (Lipinski definition) is 6. The molecule has 0 saturated carbocycles. The molecule has 3 aromatic rings. The lowest BCUT2D eigenvalue weighted by molar-refractivity contribution is -0.127. The first kappa shape index (κ1) is 20.1. The molecule has 1 aromatic carbocycles. The third kappa shape index (κ3) is 4.06. The summed E-state index contributed by atoms with van der Waals surface area (Å²) in [7, 11) is 0. The van der Waals surface area contributed by atoms with Crippen LogP contribution in [0, 0.1) is 12.8 Å². The number of nitrogens with zero attached hydrogens (tertiary/aromatic N) is 2. The number of thiophene rings is 1. The molecule has 2 aromatic heterocycles. The van der Waals surface area contributed by atoms with Crippen LogP contribution in [0.15, 0.2) is 34.4 Å². The Kier molecular flexibility index (Phi) is 5.54. The first-order valence-electron chi connectivity index (χ1n) is 9.82. The van der Waals surface area contributed by atoms with Gasteiger partial charge in [0.2, 0.25) is 17.8 Å². The van der Waals surface area contributed by atoms with E-state index in [0.29, 0.717) is 35.7 Å². The number of benzene rings is 1. The lowest BCUT2D eigenvalue weighted by Gasteiger charge is -2.32. The van der Waals surface area contributed by atoms with Crippen molar-refractivity contribution in [3.63, 3.8) is 0 Å². The minimum absolute atomic E-state index is 0.175. The van der Waals surface area contributed by atoms with E-state index in [1.807, 2.05) is 41.5 Å². The number of aryl methyl sites for hydroxylation is 1. The van der Waals surface area contributed by atoms with E-state index in [1.165, 1.54) is 16.9 Å². The van der Waals surface area contributed by atoms with E-state index in [-0.39, 0.29) is 23.9 Å². The number of amides is 2. The summed E-state index contributed by atoms with van der Waals surface area (Å²) in [5.74, 6) is -0.615. The summed E-state index contributed by atoms with van der Waals surface area (Å²) in [4.78, 5) is 45.5. The molecule has 0 bridgehead atoms. The van der Waals surface area contributed by atoms with Gasteiger partial charge in [-0.05, 0) is 25.3 Å². The number of nitrogens with two attached hydrogens (primary N) is 1. The summed E-state index contributed by atoms with van der Waals surface area (Å²) in [6.45, 7) is 2.97. The van der Waals surface area contributed by atoms with Crippen molar-refractivity contribution in [1.29, 1.82) is 0 Å². The summed E-state index contributed by atoms with van der Waals surface area (Å²) in [6, 6.07) is 8.12. The number of carbonyl (C=O) groups is 2. The number of H-pyrrole nitrogens is 1. The van der Waals surface area contributed by atoms with E-state index in [1.54, 1.807) is 0 Å². The number of aromatic amines is 1. The van der Waals surface area contributed by atoms with Gasteiger partial charge in [0, 0.05) is 24.0 Å². The molecule has 0 spiro atoms. The van der Waals surface area contributed by atoms with Crippen molar-refractivity contribution in [2.75, 3.05) is 24.5 Å². The molecule has 1 atom stereocenters. The highest BCUT2D eigenvalue weighted by molar-refractivity contribution is 7.17. The summed E-state index contributed by atoms with van der Waals surface area (Å²) in [6.07, 6.45) is 1.49.